The Morgan fingerprint density at radius 2 is 1.54 bits per heavy atom. The molecule has 0 radical (unpaired) electrons. The van der Waals surface area contributed by atoms with Gasteiger partial charge in [-0.05, 0) is 36.8 Å². The highest BCUT2D eigenvalue weighted by atomic mass is 16.5. The third-order valence-electron chi connectivity index (χ3n) is 4.58. The number of carbonyl (C=O) groups excluding carboxylic acids is 3. The van der Waals surface area contributed by atoms with Gasteiger partial charge in [0.05, 0.1) is 18.9 Å². The average Bonchev–Trinajstić information content (AvgIpc) is 3.48. The number of amides is 3. The summed E-state index contributed by atoms with van der Waals surface area (Å²) in [6.07, 6.45) is 0.535. The first-order chi connectivity index (χ1) is 13.5. The maximum absolute atomic E-state index is 12.3. The molecule has 146 valence electrons. The second-order valence-corrected chi connectivity index (χ2v) is 6.73. The molecule has 2 atom stereocenters. The van der Waals surface area contributed by atoms with Gasteiger partial charge in [0.2, 0.25) is 17.7 Å². The third-order valence-corrected chi connectivity index (χ3v) is 4.58. The van der Waals surface area contributed by atoms with E-state index in [2.05, 4.69) is 16.0 Å². The second-order valence-electron chi connectivity index (χ2n) is 6.73. The second kappa shape index (κ2) is 8.56. The van der Waals surface area contributed by atoms with Gasteiger partial charge in [-0.3, -0.25) is 14.4 Å². The van der Waals surface area contributed by atoms with Crippen molar-refractivity contribution in [3.8, 4) is 5.75 Å². The van der Waals surface area contributed by atoms with E-state index in [9.17, 15) is 14.4 Å². The summed E-state index contributed by atoms with van der Waals surface area (Å²) in [5, 5.41) is 8.35. The van der Waals surface area contributed by atoms with Crippen molar-refractivity contribution in [3.63, 3.8) is 0 Å². The summed E-state index contributed by atoms with van der Waals surface area (Å²) in [5.41, 5.74) is 2.17. The van der Waals surface area contributed by atoms with E-state index in [1.807, 2.05) is 24.3 Å². The highest BCUT2D eigenvalue weighted by Gasteiger charge is 2.47. The fourth-order valence-corrected chi connectivity index (χ4v) is 3.01. The molecule has 7 nitrogen and oxygen atoms in total. The molecule has 3 rings (SSSR count). The van der Waals surface area contributed by atoms with Crippen LogP contribution in [0.1, 0.15) is 18.9 Å². The molecule has 0 spiro atoms. The first-order valence-corrected chi connectivity index (χ1v) is 9.06. The van der Waals surface area contributed by atoms with Crippen LogP contribution < -0.4 is 20.7 Å². The number of anilines is 2. The summed E-state index contributed by atoms with van der Waals surface area (Å²) in [6, 6.07) is 14.3. The van der Waals surface area contributed by atoms with E-state index in [0.29, 0.717) is 24.3 Å². The summed E-state index contributed by atoms with van der Waals surface area (Å²) >= 11 is 0. The Labute approximate surface area is 163 Å². The average molecular weight is 381 g/mol. The van der Waals surface area contributed by atoms with E-state index >= 15 is 0 Å². The van der Waals surface area contributed by atoms with Crippen LogP contribution >= 0.6 is 0 Å². The number of rotatable bonds is 7. The predicted octanol–water partition coefficient (Wildman–Crippen LogP) is 2.54. The van der Waals surface area contributed by atoms with Gasteiger partial charge in [-0.15, -0.1) is 0 Å². The molecule has 0 bridgehead atoms. The van der Waals surface area contributed by atoms with Crippen LogP contribution in [0.25, 0.3) is 0 Å². The number of hydrogen-bond acceptors (Lipinski definition) is 4. The van der Waals surface area contributed by atoms with Gasteiger partial charge in [0, 0.05) is 30.4 Å². The molecule has 1 saturated carbocycles. The summed E-state index contributed by atoms with van der Waals surface area (Å²) in [5.74, 6) is -0.384. The maximum Gasteiger partial charge on any atom is 0.228 e. The van der Waals surface area contributed by atoms with E-state index in [1.54, 1.807) is 31.4 Å². The van der Waals surface area contributed by atoms with Crippen molar-refractivity contribution in [2.45, 2.75) is 19.9 Å². The van der Waals surface area contributed by atoms with Crippen molar-refractivity contribution in [2.24, 2.45) is 11.8 Å². The highest BCUT2D eigenvalue weighted by Crippen LogP contribution is 2.39. The molecule has 1 aliphatic rings. The smallest absolute Gasteiger partial charge is 0.228 e. The number of hydrogen-bond donors (Lipinski definition) is 3. The fraction of sp³-hybridized carbons (Fsp3) is 0.286. The van der Waals surface area contributed by atoms with Gasteiger partial charge in [0.15, 0.2) is 0 Å². The predicted molar refractivity (Wildman–Crippen MR) is 106 cm³/mol. The lowest BCUT2D eigenvalue weighted by atomic mass is 10.2. The zero-order valence-electron chi connectivity index (χ0n) is 15.8. The number of ether oxygens (including phenoxy) is 1. The number of para-hydroxylation sites is 1. The Bertz CT molecular complexity index is 879. The first kappa shape index (κ1) is 19.4. The Morgan fingerprint density at radius 1 is 0.929 bits per heavy atom. The van der Waals surface area contributed by atoms with Crippen LogP contribution in [0, 0.1) is 11.8 Å². The monoisotopic (exact) mass is 381 g/mol. The van der Waals surface area contributed by atoms with E-state index in [0.717, 1.165) is 11.3 Å². The van der Waals surface area contributed by atoms with Crippen LogP contribution in [-0.2, 0) is 20.9 Å². The summed E-state index contributed by atoms with van der Waals surface area (Å²) in [4.78, 5) is 35.7. The van der Waals surface area contributed by atoms with Crippen LogP contribution in [0.4, 0.5) is 11.4 Å². The minimum atomic E-state index is -0.326. The molecule has 28 heavy (non-hydrogen) atoms. The van der Waals surface area contributed by atoms with Crippen LogP contribution in [0.2, 0.25) is 0 Å². The molecule has 1 fully saturated rings. The normalized spacial score (nSPS) is 17.4. The molecule has 3 N–H and O–H groups in total. The zero-order chi connectivity index (χ0) is 20.1. The molecular formula is C21H23N3O4. The van der Waals surface area contributed by atoms with Crippen molar-refractivity contribution >= 4 is 29.1 Å². The minimum absolute atomic E-state index is 0.132. The van der Waals surface area contributed by atoms with Crippen molar-refractivity contribution in [1.82, 2.24) is 5.32 Å². The first-order valence-electron chi connectivity index (χ1n) is 9.06. The van der Waals surface area contributed by atoms with Gasteiger partial charge in [-0.1, -0.05) is 18.2 Å². The Balaban J connectivity index is 1.48. The molecule has 3 amide bonds. The van der Waals surface area contributed by atoms with Crippen LogP contribution in [0.15, 0.2) is 48.5 Å². The quantitative estimate of drug-likeness (QED) is 0.687. The van der Waals surface area contributed by atoms with Gasteiger partial charge in [0.25, 0.3) is 0 Å². The van der Waals surface area contributed by atoms with Gasteiger partial charge < -0.3 is 20.7 Å². The topological polar surface area (TPSA) is 96.5 Å². The lowest BCUT2D eigenvalue weighted by Gasteiger charge is -2.10. The minimum Gasteiger partial charge on any atom is -0.496 e. The number of methoxy groups -OCH3 is 1. The molecule has 0 aromatic heterocycles. The molecular weight excluding hydrogens is 358 g/mol. The molecule has 2 aromatic rings. The lowest BCUT2D eigenvalue weighted by molar-refractivity contribution is -0.125. The van der Waals surface area contributed by atoms with Gasteiger partial charge in [-0.2, -0.15) is 0 Å². The molecule has 1 aliphatic carbocycles. The van der Waals surface area contributed by atoms with Crippen LogP contribution in [-0.4, -0.2) is 24.8 Å². The van der Waals surface area contributed by atoms with Crippen LogP contribution in [0.3, 0.4) is 0 Å². The van der Waals surface area contributed by atoms with E-state index < -0.39 is 0 Å². The lowest BCUT2D eigenvalue weighted by Crippen LogP contribution is -2.27. The van der Waals surface area contributed by atoms with Gasteiger partial charge in [0.1, 0.15) is 5.75 Å². The van der Waals surface area contributed by atoms with Crippen molar-refractivity contribution in [2.75, 3.05) is 17.7 Å². The SMILES string of the molecule is COc1ccccc1CNC(=O)C1CC1C(=O)Nc1ccc(NC(C)=O)cc1. The molecule has 2 aromatic carbocycles. The standard InChI is InChI=1S/C21H23N3O4/c1-13(25)23-15-7-9-16(10-8-15)24-21(27)18-11-17(18)20(26)22-12-14-5-3-4-6-19(14)28-2/h3-10,17-18H,11-12H2,1-2H3,(H,22,26)(H,23,25)(H,24,27). The van der Waals surface area contributed by atoms with E-state index in [1.165, 1.54) is 6.92 Å². The highest BCUT2D eigenvalue weighted by molar-refractivity contribution is 5.99. The molecule has 2 unspecified atom stereocenters. The Morgan fingerprint density at radius 3 is 2.18 bits per heavy atom. The molecule has 0 heterocycles. The van der Waals surface area contributed by atoms with E-state index in [-0.39, 0.29) is 29.6 Å². The fourth-order valence-electron chi connectivity index (χ4n) is 3.01. The Hall–Kier alpha value is -3.35. The maximum atomic E-state index is 12.3. The van der Waals surface area contributed by atoms with Crippen molar-refractivity contribution in [3.05, 3.63) is 54.1 Å². The Kier molecular flexibility index (Phi) is 5.93. The zero-order valence-corrected chi connectivity index (χ0v) is 15.8. The number of nitrogens with one attached hydrogen (secondary N) is 3. The van der Waals surface area contributed by atoms with Gasteiger partial charge >= 0.3 is 0 Å². The number of benzene rings is 2. The van der Waals surface area contributed by atoms with Gasteiger partial charge in [-0.25, -0.2) is 0 Å². The largest absolute Gasteiger partial charge is 0.496 e. The summed E-state index contributed by atoms with van der Waals surface area (Å²) < 4.78 is 5.27. The summed E-state index contributed by atoms with van der Waals surface area (Å²) in [7, 11) is 1.59. The van der Waals surface area contributed by atoms with E-state index in [4.69, 9.17) is 4.74 Å². The summed E-state index contributed by atoms with van der Waals surface area (Å²) in [6.45, 7) is 1.79. The third kappa shape index (κ3) is 4.88. The van der Waals surface area contributed by atoms with Crippen molar-refractivity contribution in [1.29, 1.82) is 0 Å². The molecule has 7 heteroatoms. The van der Waals surface area contributed by atoms with Crippen LogP contribution in [0.5, 0.6) is 5.75 Å². The molecule has 0 aliphatic heterocycles. The van der Waals surface area contributed by atoms with Crippen molar-refractivity contribution < 1.29 is 19.1 Å². The molecule has 0 saturated heterocycles. The number of carbonyl (C=O) groups is 3.